The summed E-state index contributed by atoms with van der Waals surface area (Å²) in [6.07, 6.45) is 1.07. The molecular formula is C13H16FN3S. The van der Waals surface area contributed by atoms with E-state index in [-0.39, 0.29) is 11.4 Å². The van der Waals surface area contributed by atoms with Gasteiger partial charge in [-0.25, -0.2) is 4.39 Å². The number of halogens is 1. The SMILES string of the molecule is CC1CC2(CN=C(N)N2c2ccc(F)cc2)CS1. The van der Waals surface area contributed by atoms with Crippen molar-refractivity contribution in [3.8, 4) is 0 Å². The number of hydrogen-bond acceptors (Lipinski definition) is 4. The second-order valence-electron chi connectivity index (χ2n) is 5.04. The monoisotopic (exact) mass is 265 g/mol. The largest absolute Gasteiger partial charge is 0.369 e. The van der Waals surface area contributed by atoms with Crippen molar-refractivity contribution in [3.63, 3.8) is 0 Å². The maximum Gasteiger partial charge on any atom is 0.196 e. The fraction of sp³-hybridized carbons (Fsp3) is 0.462. The number of guanidine groups is 1. The van der Waals surface area contributed by atoms with Gasteiger partial charge in [-0.3, -0.25) is 4.99 Å². The van der Waals surface area contributed by atoms with Crippen LogP contribution in [0, 0.1) is 5.82 Å². The van der Waals surface area contributed by atoms with Crippen LogP contribution in [0.15, 0.2) is 29.3 Å². The zero-order chi connectivity index (χ0) is 12.8. The minimum atomic E-state index is -0.225. The Labute approximate surface area is 110 Å². The highest BCUT2D eigenvalue weighted by atomic mass is 32.2. The van der Waals surface area contributed by atoms with Gasteiger partial charge in [0.05, 0.1) is 12.1 Å². The lowest BCUT2D eigenvalue weighted by atomic mass is 9.94. The molecule has 0 bridgehead atoms. The first kappa shape index (κ1) is 11.8. The Kier molecular flexibility index (Phi) is 2.73. The van der Waals surface area contributed by atoms with Gasteiger partial charge in [0.1, 0.15) is 5.82 Å². The summed E-state index contributed by atoms with van der Waals surface area (Å²) in [6, 6.07) is 6.50. The summed E-state index contributed by atoms with van der Waals surface area (Å²) in [5.74, 6) is 1.35. The maximum atomic E-state index is 13.0. The number of nitrogens with two attached hydrogens (primary N) is 1. The molecule has 18 heavy (non-hydrogen) atoms. The Hall–Kier alpha value is -1.23. The van der Waals surface area contributed by atoms with E-state index >= 15 is 0 Å². The van der Waals surface area contributed by atoms with Crippen LogP contribution in [0.4, 0.5) is 10.1 Å². The summed E-state index contributed by atoms with van der Waals surface area (Å²) in [5, 5.41) is 0.619. The Balaban J connectivity index is 1.97. The Morgan fingerprint density at radius 1 is 1.44 bits per heavy atom. The number of thioether (sulfide) groups is 1. The number of benzene rings is 1. The van der Waals surface area contributed by atoms with E-state index in [4.69, 9.17) is 5.73 Å². The number of anilines is 1. The molecule has 0 aromatic heterocycles. The number of rotatable bonds is 1. The van der Waals surface area contributed by atoms with Gasteiger partial charge in [0.2, 0.25) is 0 Å². The number of aliphatic imine (C=N–C) groups is 1. The molecule has 2 aliphatic heterocycles. The average Bonchev–Trinajstić information content (AvgIpc) is 2.86. The summed E-state index contributed by atoms with van der Waals surface area (Å²) < 4.78 is 13.0. The molecule has 2 heterocycles. The van der Waals surface area contributed by atoms with E-state index in [1.165, 1.54) is 12.1 Å². The zero-order valence-electron chi connectivity index (χ0n) is 10.3. The summed E-state index contributed by atoms with van der Waals surface area (Å²) in [6.45, 7) is 2.98. The number of nitrogens with zero attached hydrogens (tertiary/aromatic N) is 2. The van der Waals surface area contributed by atoms with Crippen LogP contribution in [-0.4, -0.2) is 29.0 Å². The van der Waals surface area contributed by atoms with Gasteiger partial charge in [-0.15, -0.1) is 0 Å². The van der Waals surface area contributed by atoms with Gasteiger partial charge in [0.15, 0.2) is 5.96 Å². The first-order valence-electron chi connectivity index (χ1n) is 6.08. The third kappa shape index (κ3) is 1.77. The molecule has 2 N–H and O–H groups in total. The van der Waals surface area contributed by atoms with Gasteiger partial charge in [-0.05, 0) is 30.7 Å². The third-order valence-electron chi connectivity index (χ3n) is 3.63. The summed E-state index contributed by atoms with van der Waals surface area (Å²) in [4.78, 5) is 6.49. The summed E-state index contributed by atoms with van der Waals surface area (Å²) in [5.41, 5.74) is 6.95. The van der Waals surface area contributed by atoms with Gasteiger partial charge >= 0.3 is 0 Å². The minimum Gasteiger partial charge on any atom is -0.369 e. The predicted octanol–water partition coefficient (Wildman–Crippen LogP) is 2.22. The van der Waals surface area contributed by atoms with Crippen LogP contribution in [0.2, 0.25) is 0 Å². The van der Waals surface area contributed by atoms with E-state index in [9.17, 15) is 4.39 Å². The Bertz CT molecular complexity index is 488. The first-order valence-corrected chi connectivity index (χ1v) is 7.13. The van der Waals surface area contributed by atoms with Crippen molar-refractivity contribution >= 4 is 23.4 Å². The lowest BCUT2D eigenvalue weighted by molar-refractivity contribution is 0.493. The molecule has 96 valence electrons. The van der Waals surface area contributed by atoms with Crippen molar-refractivity contribution in [2.24, 2.45) is 10.7 Å². The van der Waals surface area contributed by atoms with E-state index in [0.29, 0.717) is 11.2 Å². The molecule has 3 nitrogen and oxygen atoms in total. The Morgan fingerprint density at radius 3 is 2.78 bits per heavy atom. The van der Waals surface area contributed by atoms with Crippen molar-refractivity contribution in [2.45, 2.75) is 24.1 Å². The van der Waals surface area contributed by atoms with Crippen molar-refractivity contribution in [3.05, 3.63) is 30.1 Å². The van der Waals surface area contributed by atoms with Crippen LogP contribution in [-0.2, 0) is 0 Å². The van der Waals surface area contributed by atoms with Crippen molar-refractivity contribution in [1.82, 2.24) is 0 Å². The minimum absolute atomic E-state index is 0.00794. The van der Waals surface area contributed by atoms with Gasteiger partial charge in [-0.2, -0.15) is 11.8 Å². The molecule has 1 aromatic carbocycles. The summed E-state index contributed by atoms with van der Waals surface area (Å²) in [7, 11) is 0. The quantitative estimate of drug-likeness (QED) is 0.846. The van der Waals surface area contributed by atoms with E-state index in [2.05, 4.69) is 16.8 Å². The highest BCUT2D eigenvalue weighted by molar-refractivity contribution is 8.00. The third-order valence-corrected chi connectivity index (χ3v) is 5.07. The molecule has 0 amide bonds. The van der Waals surface area contributed by atoms with Gasteiger partial charge < -0.3 is 10.6 Å². The highest BCUT2D eigenvalue weighted by Crippen LogP contribution is 2.43. The van der Waals surface area contributed by atoms with Crippen LogP contribution >= 0.6 is 11.8 Å². The molecule has 5 heteroatoms. The molecule has 0 aliphatic carbocycles. The fourth-order valence-electron chi connectivity index (χ4n) is 2.83. The van der Waals surface area contributed by atoms with Crippen LogP contribution < -0.4 is 10.6 Å². The lowest BCUT2D eigenvalue weighted by Gasteiger charge is -2.35. The Morgan fingerprint density at radius 2 is 2.17 bits per heavy atom. The topological polar surface area (TPSA) is 41.6 Å². The second-order valence-corrected chi connectivity index (χ2v) is 6.46. The molecule has 2 atom stereocenters. The molecule has 2 aliphatic rings. The second kappa shape index (κ2) is 4.16. The molecule has 2 unspecified atom stereocenters. The van der Waals surface area contributed by atoms with Crippen LogP contribution in [0.1, 0.15) is 13.3 Å². The molecular weight excluding hydrogens is 249 g/mol. The van der Waals surface area contributed by atoms with Crippen LogP contribution in [0.25, 0.3) is 0 Å². The summed E-state index contributed by atoms with van der Waals surface area (Å²) >= 11 is 1.95. The average molecular weight is 265 g/mol. The molecule has 0 saturated carbocycles. The standard InChI is InChI=1S/C13H16FN3S/c1-9-6-13(8-18-9)7-16-12(15)17(13)11-4-2-10(14)3-5-11/h2-5,9H,6-8H2,1H3,(H2,15,16). The fourth-order valence-corrected chi connectivity index (χ4v) is 4.19. The highest BCUT2D eigenvalue weighted by Gasteiger charge is 2.47. The lowest BCUT2D eigenvalue weighted by Crippen LogP contribution is -2.52. The zero-order valence-corrected chi connectivity index (χ0v) is 11.1. The molecule has 1 fully saturated rings. The predicted molar refractivity (Wildman–Crippen MR) is 74.6 cm³/mol. The van der Waals surface area contributed by atoms with E-state index in [1.54, 1.807) is 12.1 Å². The van der Waals surface area contributed by atoms with Gasteiger partial charge in [0, 0.05) is 16.7 Å². The molecule has 3 rings (SSSR count). The van der Waals surface area contributed by atoms with E-state index < -0.39 is 0 Å². The van der Waals surface area contributed by atoms with Crippen LogP contribution in [0.3, 0.4) is 0 Å². The van der Waals surface area contributed by atoms with Crippen molar-refractivity contribution in [2.75, 3.05) is 17.2 Å². The van der Waals surface area contributed by atoms with Crippen molar-refractivity contribution < 1.29 is 4.39 Å². The molecule has 0 radical (unpaired) electrons. The van der Waals surface area contributed by atoms with Gasteiger partial charge in [-0.1, -0.05) is 6.92 Å². The molecule has 1 spiro atoms. The number of hydrogen-bond donors (Lipinski definition) is 1. The van der Waals surface area contributed by atoms with Gasteiger partial charge in [0.25, 0.3) is 0 Å². The molecule has 1 saturated heterocycles. The smallest absolute Gasteiger partial charge is 0.196 e. The normalized spacial score (nSPS) is 31.1. The maximum absolute atomic E-state index is 13.0. The molecule has 1 aromatic rings. The van der Waals surface area contributed by atoms with E-state index in [0.717, 1.165) is 24.4 Å². The van der Waals surface area contributed by atoms with Crippen LogP contribution in [0.5, 0.6) is 0 Å². The van der Waals surface area contributed by atoms with Crippen molar-refractivity contribution in [1.29, 1.82) is 0 Å². The first-order chi connectivity index (χ1) is 8.61. The van der Waals surface area contributed by atoms with E-state index in [1.807, 2.05) is 11.8 Å².